The highest BCUT2D eigenvalue weighted by atomic mass is 16.6. The summed E-state index contributed by atoms with van der Waals surface area (Å²) in [5.74, 6) is 0.182. The lowest BCUT2D eigenvalue weighted by Gasteiger charge is -2.25. The fourth-order valence-corrected chi connectivity index (χ4v) is 2.56. The predicted octanol–water partition coefficient (Wildman–Crippen LogP) is 5.49. The topological polar surface area (TPSA) is 64.6 Å². The SMILES string of the molecule is CC(C)C[C@@H](/C=C/[C@@H](CC(C)C)C(=O)OC(C)(C)C)NC(=O)OC(C)(C)C. The van der Waals surface area contributed by atoms with Crippen LogP contribution in [0.1, 0.15) is 82.1 Å². The van der Waals surface area contributed by atoms with Crippen molar-refractivity contribution in [1.82, 2.24) is 5.32 Å². The molecule has 27 heavy (non-hydrogen) atoms. The highest BCUT2D eigenvalue weighted by Crippen LogP contribution is 2.20. The Hall–Kier alpha value is -1.52. The van der Waals surface area contributed by atoms with Gasteiger partial charge in [-0.05, 0) is 66.2 Å². The van der Waals surface area contributed by atoms with E-state index in [1.54, 1.807) is 0 Å². The van der Waals surface area contributed by atoms with Gasteiger partial charge in [0.2, 0.25) is 0 Å². The first-order valence-electron chi connectivity index (χ1n) is 9.99. The number of alkyl carbamates (subject to hydrolysis) is 1. The molecule has 0 aliphatic carbocycles. The second-order valence-electron chi connectivity index (χ2n) is 10.0. The first-order valence-corrected chi connectivity index (χ1v) is 9.99. The summed E-state index contributed by atoms with van der Waals surface area (Å²) in [6.45, 7) is 19.5. The molecule has 5 nitrogen and oxygen atoms in total. The minimum atomic E-state index is -0.549. The molecule has 0 aromatic carbocycles. The van der Waals surface area contributed by atoms with Crippen molar-refractivity contribution in [3.05, 3.63) is 12.2 Å². The summed E-state index contributed by atoms with van der Waals surface area (Å²) in [7, 11) is 0. The van der Waals surface area contributed by atoms with Crippen LogP contribution in [0, 0.1) is 17.8 Å². The van der Waals surface area contributed by atoms with Gasteiger partial charge in [-0.1, -0.05) is 39.8 Å². The third-order valence-electron chi connectivity index (χ3n) is 3.44. The van der Waals surface area contributed by atoms with Gasteiger partial charge in [-0.2, -0.15) is 0 Å². The van der Waals surface area contributed by atoms with E-state index in [4.69, 9.17) is 9.47 Å². The van der Waals surface area contributed by atoms with Gasteiger partial charge >= 0.3 is 12.1 Å². The second-order valence-corrected chi connectivity index (χ2v) is 10.0. The Morgan fingerprint density at radius 2 is 1.30 bits per heavy atom. The average molecular weight is 384 g/mol. The monoisotopic (exact) mass is 383 g/mol. The standard InChI is InChI=1S/C22H41NO4/c1-15(2)13-17(19(24)26-21(5,6)7)11-12-18(14-16(3)4)23-20(25)27-22(8,9)10/h11-12,15-18H,13-14H2,1-10H3,(H,23,25)/b12-11+/t17-,18+/m0/s1. The third-order valence-corrected chi connectivity index (χ3v) is 3.44. The zero-order valence-corrected chi connectivity index (χ0v) is 19.0. The van der Waals surface area contributed by atoms with E-state index in [1.165, 1.54) is 0 Å². The molecule has 0 unspecified atom stereocenters. The van der Waals surface area contributed by atoms with E-state index in [1.807, 2.05) is 53.7 Å². The van der Waals surface area contributed by atoms with Gasteiger partial charge in [-0.15, -0.1) is 0 Å². The molecule has 0 fully saturated rings. The molecule has 0 bridgehead atoms. The largest absolute Gasteiger partial charge is 0.460 e. The van der Waals surface area contributed by atoms with Crippen LogP contribution >= 0.6 is 0 Å². The van der Waals surface area contributed by atoms with Crippen molar-refractivity contribution in [3.63, 3.8) is 0 Å². The number of carbonyl (C=O) groups excluding carboxylic acids is 2. The molecule has 0 aliphatic rings. The molecule has 1 N–H and O–H groups in total. The lowest BCUT2D eigenvalue weighted by atomic mass is 9.94. The first-order chi connectivity index (χ1) is 12.1. The highest BCUT2D eigenvalue weighted by molar-refractivity contribution is 5.75. The van der Waals surface area contributed by atoms with Crippen LogP contribution in [-0.4, -0.2) is 29.3 Å². The van der Waals surface area contributed by atoms with Crippen LogP contribution in [0.5, 0.6) is 0 Å². The van der Waals surface area contributed by atoms with Crippen molar-refractivity contribution in [2.24, 2.45) is 17.8 Å². The summed E-state index contributed by atoms with van der Waals surface area (Å²) >= 11 is 0. The van der Waals surface area contributed by atoms with Crippen LogP contribution in [0.4, 0.5) is 4.79 Å². The lowest BCUT2D eigenvalue weighted by Crippen LogP contribution is -2.39. The fraction of sp³-hybridized carbons (Fsp3) is 0.818. The number of nitrogens with one attached hydrogen (secondary N) is 1. The molecule has 0 heterocycles. The molecule has 2 atom stereocenters. The number of ether oxygens (including phenoxy) is 2. The van der Waals surface area contributed by atoms with Gasteiger partial charge in [-0.25, -0.2) is 4.79 Å². The third kappa shape index (κ3) is 14.2. The van der Waals surface area contributed by atoms with E-state index >= 15 is 0 Å². The lowest BCUT2D eigenvalue weighted by molar-refractivity contribution is -0.158. The van der Waals surface area contributed by atoms with Crippen LogP contribution in [0.25, 0.3) is 0 Å². The van der Waals surface area contributed by atoms with Gasteiger partial charge in [0.05, 0.1) is 12.0 Å². The summed E-state index contributed by atoms with van der Waals surface area (Å²) in [6.07, 6.45) is 4.79. The number of hydrogen-bond acceptors (Lipinski definition) is 4. The van der Waals surface area contributed by atoms with Crippen molar-refractivity contribution in [2.45, 2.75) is 99.3 Å². The van der Waals surface area contributed by atoms with Crippen LogP contribution < -0.4 is 5.32 Å². The van der Waals surface area contributed by atoms with Crippen LogP contribution in [0.15, 0.2) is 12.2 Å². The number of amides is 1. The summed E-state index contributed by atoms with van der Waals surface area (Å²) in [6, 6.07) is -0.197. The molecule has 0 saturated heterocycles. The van der Waals surface area contributed by atoms with Gasteiger partial charge < -0.3 is 14.8 Å². The zero-order valence-electron chi connectivity index (χ0n) is 19.0. The Morgan fingerprint density at radius 1 is 0.815 bits per heavy atom. The summed E-state index contributed by atoms with van der Waals surface area (Å²) < 4.78 is 10.9. The molecule has 1 amide bonds. The van der Waals surface area contributed by atoms with Crippen molar-refractivity contribution in [1.29, 1.82) is 0 Å². The summed E-state index contributed by atoms with van der Waals surface area (Å²) in [5.41, 5.74) is -1.07. The van der Waals surface area contributed by atoms with Gasteiger partial charge in [0.15, 0.2) is 0 Å². The fourth-order valence-electron chi connectivity index (χ4n) is 2.56. The summed E-state index contributed by atoms with van der Waals surface area (Å²) in [5, 5.41) is 2.90. The van der Waals surface area contributed by atoms with Gasteiger partial charge in [0.25, 0.3) is 0 Å². The minimum Gasteiger partial charge on any atom is -0.460 e. The second kappa shape index (κ2) is 10.7. The van der Waals surface area contributed by atoms with Crippen LogP contribution in [0.2, 0.25) is 0 Å². The Bertz CT molecular complexity index is 495. The Labute approximate surface area is 166 Å². The van der Waals surface area contributed by atoms with Gasteiger partial charge in [-0.3, -0.25) is 4.79 Å². The molecular weight excluding hydrogens is 342 g/mol. The molecule has 0 spiro atoms. The molecule has 0 rings (SSSR count). The zero-order chi connectivity index (χ0) is 21.4. The molecule has 5 heteroatoms. The van der Waals surface area contributed by atoms with Crippen LogP contribution in [0.3, 0.4) is 0 Å². The van der Waals surface area contributed by atoms with Gasteiger partial charge in [0.1, 0.15) is 11.2 Å². The van der Waals surface area contributed by atoms with E-state index in [0.717, 1.165) is 6.42 Å². The van der Waals surface area contributed by atoms with E-state index in [0.29, 0.717) is 18.3 Å². The van der Waals surface area contributed by atoms with Crippen LogP contribution in [-0.2, 0) is 14.3 Å². The van der Waals surface area contributed by atoms with Crippen molar-refractivity contribution >= 4 is 12.1 Å². The molecule has 0 radical (unpaired) electrons. The number of rotatable bonds is 8. The van der Waals surface area contributed by atoms with Crippen molar-refractivity contribution in [2.75, 3.05) is 0 Å². The smallest absolute Gasteiger partial charge is 0.408 e. The van der Waals surface area contributed by atoms with E-state index in [9.17, 15) is 9.59 Å². The average Bonchev–Trinajstić information content (AvgIpc) is 2.37. The predicted molar refractivity (Wildman–Crippen MR) is 111 cm³/mol. The van der Waals surface area contributed by atoms with Crippen molar-refractivity contribution < 1.29 is 19.1 Å². The number of carbonyl (C=O) groups is 2. The Kier molecular flexibility index (Phi) is 10.1. The minimum absolute atomic E-state index is 0.197. The van der Waals surface area contributed by atoms with Gasteiger partial charge in [0, 0.05) is 0 Å². The maximum atomic E-state index is 12.6. The molecule has 0 aromatic heterocycles. The van der Waals surface area contributed by atoms with Crippen molar-refractivity contribution in [3.8, 4) is 0 Å². The number of hydrogen-bond donors (Lipinski definition) is 1. The molecule has 0 aliphatic heterocycles. The normalized spacial score (nSPS) is 15.1. The van der Waals surface area contributed by atoms with E-state index in [2.05, 4.69) is 33.0 Å². The Balaban J connectivity index is 5.25. The maximum Gasteiger partial charge on any atom is 0.408 e. The maximum absolute atomic E-state index is 12.6. The molecule has 0 saturated carbocycles. The molecule has 0 aromatic rings. The van der Waals surface area contributed by atoms with E-state index < -0.39 is 17.3 Å². The first kappa shape index (κ1) is 25.5. The van der Waals surface area contributed by atoms with E-state index in [-0.39, 0.29) is 17.9 Å². The Morgan fingerprint density at radius 3 is 1.70 bits per heavy atom. The molecular formula is C22H41NO4. The number of esters is 1. The molecule has 158 valence electrons. The highest BCUT2D eigenvalue weighted by Gasteiger charge is 2.25. The summed E-state index contributed by atoms with van der Waals surface area (Å²) in [4.78, 5) is 24.7. The quantitative estimate of drug-likeness (QED) is 0.445.